The largest absolute Gasteiger partial charge is 0.480 e. The molecule has 8 heteroatoms. The van der Waals surface area contributed by atoms with Crippen LogP contribution in [0.1, 0.15) is 18.1 Å². The number of benzene rings is 3. The highest BCUT2D eigenvalue weighted by atomic mass is 35.5. The van der Waals surface area contributed by atoms with Crippen molar-refractivity contribution < 1.29 is 19.4 Å². The summed E-state index contributed by atoms with van der Waals surface area (Å²) in [4.78, 5) is 11.3. The van der Waals surface area contributed by atoms with Crippen molar-refractivity contribution in [2.45, 2.75) is 32.5 Å². The first kappa shape index (κ1) is 25.1. The zero-order valence-electron chi connectivity index (χ0n) is 18.8. The van der Waals surface area contributed by atoms with Crippen LogP contribution >= 0.6 is 12.4 Å². The third-order valence-corrected chi connectivity index (χ3v) is 5.52. The zero-order chi connectivity index (χ0) is 23.4. The van der Waals surface area contributed by atoms with Gasteiger partial charge in [0.15, 0.2) is 0 Å². The lowest BCUT2D eigenvalue weighted by Gasteiger charge is -2.17. The van der Waals surface area contributed by atoms with Crippen molar-refractivity contribution in [1.29, 1.82) is 0 Å². The molecule has 0 aliphatic heterocycles. The van der Waals surface area contributed by atoms with Crippen molar-refractivity contribution in [3.05, 3.63) is 83.9 Å². The summed E-state index contributed by atoms with van der Waals surface area (Å²) in [7, 11) is 0. The SMILES string of the molecule is Cc1c(-c2ccccc2)cccc1-c1nnc(-c2cccc(CNC(C(=O)O)C(C)O)c2)o1.Cl. The van der Waals surface area contributed by atoms with Gasteiger partial charge < -0.3 is 14.6 Å². The van der Waals surface area contributed by atoms with Crippen molar-refractivity contribution >= 4 is 18.4 Å². The number of carboxylic acid groups (broad SMARTS) is 1. The fourth-order valence-electron chi connectivity index (χ4n) is 3.75. The molecular formula is C26H26ClN3O4. The molecule has 0 spiro atoms. The summed E-state index contributed by atoms with van der Waals surface area (Å²) in [6, 6.07) is 22.5. The van der Waals surface area contributed by atoms with E-state index >= 15 is 0 Å². The van der Waals surface area contributed by atoms with Gasteiger partial charge in [0.25, 0.3) is 0 Å². The molecule has 3 aromatic carbocycles. The van der Waals surface area contributed by atoms with E-state index in [4.69, 9.17) is 4.42 Å². The summed E-state index contributed by atoms with van der Waals surface area (Å²) in [6.07, 6.45) is -1.01. The molecule has 0 amide bonds. The fourth-order valence-corrected chi connectivity index (χ4v) is 3.75. The van der Waals surface area contributed by atoms with Gasteiger partial charge in [0.05, 0.1) is 6.10 Å². The van der Waals surface area contributed by atoms with Gasteiger partial charge >= 0.3 is 5.97 Å². The van der Waals surface area contributed by atoms with Crippen LogP contribution in [0.15, 0.2) is 77.2 Å². The third-order valence-electron chi connectivity index (χ3n) is 5.52. The molecule has 0 radical (unpaired) electrons. The zero-order valence-corrected chi connectivity index (χ0v) is 19.6. The highest BCUT2D eigenvalue weighted by molar-refractivity contribution is 5.85. The van der Waals surface area contributed by atoms with Crippen LogP contribution in [0.3, 0.4) is 0 Å². The number of rotatable bonds is 8. The minimum Gasteiger partial charge on any atom is -0.480 e. The molecule has 2 atom stereocenters. The number of nitrogens with one attached hydrogen (secondary N) is 1. The summed E-state index contributed by atoms with van der Waals surface area (Å²) in [5, 5.41) is 30.2. The maximum absolute atomic E-state index is 11.3. The molecule has 34 heavy (non-hydrogen) atoms. The third kappa shape index (κ3) is 5.51. The molecule has 176 valence electrons. The van der Waals surface area contributed by atoms with E-state index in [1.54, 1.807) is 0 Å². The molecular weight excluding hydrogens is 454 g/mol. The maximum Gasteiger partial charge on any atom is 0.323 e. The van der Waals surface area contributed by atoms with Gasteiger partial charge in [0.1, 0.15) is 6.04 Å². The molecule has 0 bridgehead atoms. The summed E-state index contributed by atoms with van der Waals surface area (Å²) in [5.41, 5.74) is 5.71. The summed E-state index contributed by atoms with van der Waals surface area (Å²) in [6.45, 7) is 3.75. The van der Waals surface area contributed by atoms with Crippen LogP contribution in [0.5, 0.6) is 0 Å². The second-order valence-corrected chi connectivity index (χ2v) is 7.89. The van der Waals surface area contributed by atoms with Crippen molar-refractivity contribution in [3.8, 4) is 34.0 Å². The van der Waals surface area contributed by atoms with Gasteiger partial charge in [-0.1, -0.05) is 54.6 Å². The number of aliphatic carboxylic acids is 1. The predicted molar refractivity (Wildman–Crippen MR) is 133 cm³/mol. The number of hydrogen-bond acceptors (Lipinski definition) is 6. The average Bonchev–Trinajstić information content (AvgIpc) is 3.30. The quantitative estimate of drug-likeness (QED) is 0.335. The Hall–Kier alpha value is -3.52. The van der Waals surface area contributed by atoms with E-state index < -0.39 is 18.1 Å². The Balaban J connectivity index is 0.00000324. The van der Waals surface area contributed by atoms with Crippen LogP contribution in [0.4, 0.5) is 0 Å². The average molecular weight is 480 g/mol. The lowest BCUT2D eigenvalue weighted by Crippen LogP contribution is -2.44. The Morgan fingerprint density at radius 1 is 0.941 bits per heavy atom. The molecule has 7 nitrogen and oxygen atoms in total. The fraction of sp³-hybridized carbons (Fsp3) is 0.192. The first-order chi connectivity index (χ1) is 15.9. The molecule has 0 aliphatic rings. The monoisotopic (exact) mass is 479 g/mol. The van der Waals surface area contributed by atoms with Crippen LogP contribution in [0.2, 0.25) is 0 Å². The first-order valence-electron chi connectivity index (χ1n) is 10.7. The van der Waals surface area contributed by atoms with Gasteiger partial charge in [-0.3, -0.25) is 10.1 Å². The smallest absolute Gasteiger partial charge is 0.323 e. The molecule has 0 saturated carbocycles. The van der Waals surface area contributed by atoms with E-state index in [1.165, 1.54) is 6.92 Å². The number of halogens is 1. The lowest BCUT2D eigenvalue weighted by molar-refractivity contribution is -0.142. The van der Waals surface area contributed by atoms with E-state index in [9.17, 15) is 15.0 Å². The van der Waals surface area contributed by atoms with Crippen LogP contribution in [0.25, 0.3) is 34.0 Å². The lowest BCUT2D eigenvalue weighted by atomic mass is 9.96. The second kappa shape index (κ2) is 11.1. The highest BCUT2D eigenvalue weighted by Gasteiger charge is 2.22. The predicted octanol–water partition coefficient (Wildman–Crippen LogP) is 4.72. The van der Waals surface area contributed by atoms with Gasteiger partial charge in [0.2, 0.25) is 11.8 Å². The highest BCUT2D eigenvalue weighted by Crippen LogP contribution is 2.32. The van der Waals surface area contributed by atoms with Gasteiger partial charge in [0, 0.05) is 17.7 Å². The van der Waals surface area contributed by atoms with Gasteiger partial charge in [-0.15, -0.1) is 22.6 Å². The Morgan fingerprint density at radius 2 is 1.59 bits per heavy atom. The molecule has 1 heterocycles. The van der Waals surface area contributed by atoms with Crippen molar-refractivity contribution in [1.82, 2.24) is 15.5 Å². The Morgan fingerprint density at radius 3 is 2.29 bits per heavy atom. The summed E-state index contributed by atoms with van der Waals surface area (Å²) in [5.74, 6) is -0.290. The number of carbonyl (C=O) groups is 1. The Kier molecular flexibility index (Phi) is 8.17. The van der Waals surface area contributed by atoms with E-state index in [0.717, 1.165) is 33.4 Å². The van der Waals surface area contributed by atoms with Crippen LogP contribution in [-0.2, 0) is 11.3 Å². The number of aliphatic hydroxyl groups excluding tert-OH is 1. The minimum atomic E-state index is -1.10. The Labute approximate surface area is 203 Å². The molecule has 1 aromatic heterocycles. The van der Waals surface area contributed by atoms with E-state index in [2.05, 4.69) is 33.7 Å². The number of hydrogen-bond donors (Lipinski definition) is 3. The number of carboxylic acids is 1. The number of aliphatic hydroxyl groups is 1. The Bertz CT molecular complexity index is 1260. The number of aromatic nitrogens is 2. The molecule has 0 saturated heterocycles. The first-order valence-corrected chi connectivity index (χ1v) is 10.7. The van der Waals surface area contributed by atoms with Gasteiger partial charge in [-0.25, -0.2) is 0 Å². The maximum atomic E-state index is 11.3. The number of nitrogens with zero attached hydrogens (tertiary/aromatic N) is 2. The molecule has 4 rings (SSSR count). The minimum absolute atomic E-state index is 0. The summed E-state index contributed by atoms with van der Waals surface area (Å²) >= 11 is 0. The van der Waals surface area contributed by atoms with Crippen molar-refractivity contribution in [3.63, 3.8) is 0 Å². The van der Waals surface area contributed by atoms with Crippen molar-refractivity contribution in [2.75, 3.05) is 0 Å². The molecule has 0 aliphatic carbocycles. The topological polar surface area (TPSA) is 108 Å². The van der Waals surface area contributed by atoms with Gasteiger partial charge in [-0.2, -0.15) is 0 Å². The summed E-state index contributed by atoms with van der Waals surface area (Å²) < 4.78 is 6.01. The molecule has 2 unspecified atom stereocenters. The second-order valence-electron chi connectivity index (χ2n) is 7.89. The van der Waals surface area contributed by atoms with E-state index in [1.807, 2.05) is 61.5 Å². The normalized spacial score (nSPS) is 12.6. The molecule has 0 fully saturated rings. The standard InChI is InChI=1S/C26H25N3O4.ClH/c1-16-21(19-9-4-3-5-10-19)12-7-13-22(16)25-29-28-24(33-25)20-11-6-8-18(14-20)15-27-23(17(2)30)26(31)32;/h3-14,17,23,27,30H,15H2,1-2H3,(H,31,32);1H. The van der Waals surface area contributed by atoms with Crippen LogP contribution in [0, 0.1) is 6.92 Å². The van der Waals surface area contributed by atoms with E-state index in [0.29, 0.717) is 11.8 Å². The molecule has 3 N–H and O–H groups in total. The van der Waals surface area contributed by atoms with Crippen LogP contribution in [-0.4, -0.2) is 38.5 Å². The van der Waals surface area contributed by atoms with E-state index in [-0.39, 0.29) is 19.0 Å². The van der Waals surface area contributed by atoms with Crippen molar-refractivity contribution in [2.24, 2.45) is 0 Å². The van der Waals surface area contributed by atoms with Crippen LogP contribution < -0.4 is 5.32 Å². The molecule has 4 aromatic rings. The van der Waals surface area contributed by atoms with Gasteiger partial charge in [-0.05, 0) is 54.3 Å².